The number of rotatable bonds is 2. The first kappa shape index (κ1) is 12.6. The van der Waals surface area contributed by atoms with Gasteiger partial charge in [-0.2, -0.15) is 0 Å². The van der Waals surface area contributed by atoms with Gasteiger partial charge < -0.3 is 5.32 Å². The summed E-state index contributed by atoms with van der Waals surface area (Å²) in [6.07, 6.45) is 0. The molecular formula is C12H16Br2N2. The summed E-state index contributed by atoms with van der Waals surface area (Å²) in [6.45, 7) is 6.71. The molecule has 2 nitrogen and oxygen atoms in total. The molecule has 0 aliphatic carbocycles. The van der Waals surface area contributed by atoms with Gasteiger partial charge in [0, 0.05) is 41.2 Å². The maximum absolute atomic E-state index is 3.63. The van der Waals surface area contributed by atoms with Gasteiger partial charge in [-0.3, -0.25) is 4.90 Å². The number of piperazine rings is 1. The van der Waals surface area contributed by atoms with Crippen LogP contribution in [0.15, 0.2) is 27.1 Å². The minimum atomic E-state index is 0.467. The summed E-state index contributed by atoms with van der Waals surface area (Å²) in [5, 5.41) is 3.38. The number of benzene rings is 1. The lowest BCUT2D eigenvalue weighted by Gasteiger charge is -2.33. The maximum atomic E-state index is 3.63. The van der Waals surface area contributed by atoms with Crippen LogP contribution in [0.3, 0.4) is 0 Å². The second kappa shape index (κ2) is 5.63. The molecule has 1 aliphatic rings. The van der Waals surface area contributed by atoms with Gasteiger partial charge in [-0.05, 0) is 30.7 Å². The molecule has 1 fully saturated rings. The topological polar surface area (TPSA) is 15.3 Å². The fourth-order valence-electron chi connectivity index (χ4n) is 2.10. The highest BCUT2D eigenvalue weighted by molar-refractivity contribution is 9.11. The lowest BCUT2D eigenvalue weighted by molar-refractivity contribution is 0.185. The third kappa shape index (κ3) is 2.86. The zero-order chi connectivity index (χ0) is 11.5. The molecule has 2 rings (SSSR count). The fraction of sp³-hybridized carbons (Fsp3) is 0.500. The van der Waals surface area contributed by atoms with E-state index in [9.17, 15) is 0 Å². The first-order valence-electron chi connectivity index (χ1n) is 5.58. The molecule has 1 aromatic carbocycles. The van der Waals surface area contributed by atoms with Gasteiger partial charge in [0.1, 0.15) is 0 Å². The van der Waals surface area contributed by atoms with Gasteiger partial charge in [0.25, 0.3) is 0 Å². The summed E-state index contributed by atoms with van der Waals surface area (Å²) in [4.78, 5) is 2.52. The average Bonchev–Trinajstić information content (AvgIpc) is 2.32. The van der Waals surface area contributed by atoms with E-state index in [0.29, 0.717) is 6.04 Å². The van der Waals surface area contributed by atoms with Crippen molar-refractivity contribution in [3.05, 3.63) is 32.7 Å². The van der Waals surface area contributed by atoms with Crippen LogP contribution >= 0.6 is 31.9 Å². The van der Waals surface area contributed by atoms with Gasteiger partial charge in [0.15, 0.2) is 0 Å². The standard InChI is InChI=1S/C12H16Br2N2/c1-9(16-6-4-15-5-7-16)11-8-10(13)2-3-12(11)14/h2-3,8-9,15H,4-7H2,1H3/t9-/m1/s1. The Bertz CT molecular complexity index is 362. The number of nitrogens with one attached hydrogen (secondary N) is 1. The molecule has 1 N–H and O–H groups in total. The normalized spacial score (nSPS) is 19.7. The van der Waals surface area contributed by atoms with Crippen LogP contribution in [0.25, 0.3) is 0 Å². The first-order chi connectivity index (χ1) is 7.68. The molecule has 0 spiro atoms. The highest BCUT2D eigenvalue weighted by Gasteiger charge is 2.19. The highest BCUT2D eigenvalue weighted by atomic mass is 79.9. The maximum Gasteiger partial charge on any atom is 0.0332 e. The van der Waals surface area contributed by atoms with Gasteiger partial charge in [0.2, 0.25) is 0 Å². The van der Waals surface area contributed by atoms with Crippen LogP contribution in [0, 0.1) is 0 Å². The Balaban J connectivity index is 2.18. The van der Waals surface area contributed by atoms with Crippen LogP contribution in [0.5, 0.6) is 0 Å². The Morgan fingerprint density at radius 2 is 1.94 bits per heavy atom. The quantitative estimate of drug-likeness (QED) is 0.883. The van der Waals surface area contributed by atoms with Crippen LogP contribution < -0.4 is 5.32 Å². The van der Waals surface area contributed by atoms with E-state index in [0.717, 1.165) is 30.7 Å². The summed E-state index contributed by atoms with van der Waals surface area (Å²) in [5.41, 5.74) is 1.36. The van der Waals surface area contributed by atoms with Crippen LogP contribution in [0.4, 0.5) is 0 Å². The molecule has 0 unspecified atom stereocenters. The molecule has 0 saturated carbocycles. The monoisotopic (exact) mass is 346 g/mol. The van der Waals surface area contributed by atoms with E-state index in [1.807, 2.05) is 0 Å². The second-order valence-corrected chi connectivity index (χ2v) is 5.90. The van der Waals surface area contributed by atoms with E-state index in [4.69, 9.17) is 0 Å². The number of hydrogen-bond acceptors (Lipinski definition) is 2. The summed E-state index contributed by atoms with van der Waals surface area (Å²) in [5.74, 6) is 0. The van der Waals surface area contributed by atoms with Crippen molar-refractivity contribution in [2.45, 2.75) is 13.0 Å². The van der Waals surface area contributed by atoms with E-state index < -0.39 is 0 Å². The number of hydrogen-bond donors (Lipinski definition) is 1. The summed E-state index contributed by atoms with van der Waals surface area (Å²) in [6, 6.07) is 6.85. The zero-order valence-electron chi connectivity index (χ0n) is 9.34. The smallest absolute Gasteiger partial charge is 0.0332 e. The SMILES string of the molecule is C[C@H](c1cc(Br)ccc1Br)N1CCNCC1. The fourth-order valence-corrected chi connectivity index (χ4v) is 3.06. The zero-order valence-corrected chi connectivity index (χ0v) is 12.5. The average molecular weight is 348 g/mol. The van der Waals surface area contributed by atoms with E-state index in [1.54, 1.807) is 0 Å². The molecule has 1 aromatic rings. The summed E-state index contributed by atoms with van der Waals surface area (Å²) >= 11 is 7.17. The van der Waals surface area contributed by atoms with Crippen molar-refractivity contribution in [2.75, 3.05) is 26.2 Å². The summed E-state index contributed by atoms with van der Waals surface area (Å²) in [7, 11) is 0. The Labute approximate surface area is 114 Å². The van der Waals surface area contributed by atoms with E-state index in [2.05, 4.69) is 67.2 Å². The third-order valence-electron chi connectivity index (χ3n) is 3.11. The van der Waals surface area contributed by atoms with Crippen LogP contribution in [-0.4, -0.2) is 31.1 Å². The molecule has 88 valence electrons. The van der Waals surface area contributed by atoms with Gasteiger partial charge in [-0.15, -0.1) is 0 Å². The van der Waals surface area contributed by atoms with Crippen molar-refractivity contribution in [2.24, 2.45) is 0 Å². The van der Waals surface area contributed by atoms with Crippen molar-refractivity contribution in [3.8, 4) is 0 Å². The largest absolute Gasteiger partial charge is 0.314 e. The Morgan fingerprint density at radius 1 is 1.25 bits per heavy atom. The van der Waals surface area contributed by atoms with Crippen molar-refractivity contribution in [1.82, 2.24) is 10.2 Å². The minimum absolute atomic E-state index is 0.467. The molecule has 0 aromatic heterocycles. The molecule has 0 radical (unpaired) electrons. The van der Waals surface area contributed by atoms with E-state index >= 15 is 0 Å². The number of nitrogens with zero attached hydrogens (tertiary/aromatic N) is 1. The molecule has 0 amide bonds. The molecule has 4 heteroatoms. The second-order valence-electron chi connectivity index (χ2n) is 4.13. The Kier molecular flexibility index (Phi) is 4.41. The lowest BCUT2D eigenvalue weighted by atomic mass is 10.1. The van der Waals surface area contributed by atoms with Gasteiger partial charge in [0.05, 0.1) is 0 Å². The van der Waals surface area contributed by atoms with Gasteiger partial charge in [-0.25, -0.2) is 0 Å². The Hall–Kier alpha value is 0.1000. The van der Waals surface area contributed by atoms with Crippen molar-refractivity contribution < 1.29 is 0 Å². The predicted molar refractivity (Wildman–Crippen MR) is 74.7 cm³/mol. The number of halogens is 2. The van der Waals surface area contributed by atoms with E-state index in [1.165, 1.54) is 10.0 Å². The minimum Gasteiger partial charge on any atom is -0.314 e. The van der Waals surface area contributed by atoms with E-state index in [-0.39, 0.29) is 0 Å². The van der Waals surface area contributed by atoms with Gasteiger partial charge >= 0.3 is 0 Å². The highest BCUT2D eigenvalue weighted by Crippen LogP contribution is 2.30. The van der Waals surface area contributed by atoms with Crippen molar-refractivity contribution in [3.63, 3.8) is 0 Å². The van der Waals surface area contributed by atoms with Crippen LogP contribution in [-0.2, 0) is 0 Å². The molecule has 1 atom stereocenters. The van der Waals surface area contributed by atoms with Crippen molar-refractivity contribution in [1.29, 1.82) is 0 Å². The van der Waals surface area contributed by atoms with Crippen LogP contribution in [0.2, 0.25) is 0 Å². The third-order valence-corrected chi connectivity index (χ3v) is 4.32. The molecule has 16 heavy (non-hydrogen) atoms. The first-order valence-corrected chi connectivity index (χ1v) is 7.17. The summed E-state index contributed by atoms with van der Waals surface area (Å²) < 4.78 is 2.34. The Morgan fingerprint density at radius 3 is 2.62 bits per heavy atom. The molecule has 1 heterocycles. The van der Waals surface area contributed by atoms with Crippen LogP contribution in [0.1, 0.15) is 18.5 Å². The van der Waals surface area contributed by atoms with Crippen molar-refractivity contribution >= 4 is 31.9 Å². The molecular weight excluding hydrogens is 332 g/mol. The molecule has 1 saturated heterocycles. The van der Waals surface area contributed by atoms with Gasteiger partial charge in [-0.1, -0.05) is 31.9 Å². The lowest BCUT2D eigenvalue weighted by Crippen LogP contribution is -2.44. The molecule has 0 bridgehead atoms. The molecule has 1 aliphatic heterocycles. The predicted octanol–water partition coefficient (Wildman–Crippen LogP) is 3.18.